The molecule has 0 spiro atoms. The lowest BCUT2D eigenvalue weighted by atomic mass is 10.1. The Bertz CT molecular complexity index is 1150. The van der Waals surface area contributed by atoms with E-state index in [2.05, 4.69) is 4.98 Å². The molecule has 162 valence electrons. The zero-order valence-corrected chi connectivity index (χ0v) is 18.5. The van der Waals surface area contributed by atoms with Gasteiger partial charge in [0.25, 0.3) is 11.5 Å². The first-order chi connectivity index (χ1) is 14.8. The highest BCUT2D eigenvalue weighted by atomic mass is 16.2. The van der Waals surface area contributed by atoms with E-state index in [1.807, 2.05) is 38.1 Å². The van der Waals surface area contributed by atoms with E-state index in [4.69, 9.17) is 0 Å². The molecule has 7 nitrogen and oxygen atoms in total. The van der Waals surface area contributed by atoms with Gasteiger partial charge < -0.3 is 9.80 Å². The third-order valence-electron chi connectivity index (χ3n) is 5.34. The number of amides is 2. The third-order valence-corrected chi connectivity index (χ3v) is 5.34. The molecule has 1 aromatic heterocycles. The summed E-state index contributed by atoms with van der Waals surface area (Å²) in [6.45, 7) is 5.14. The predicted octanol–water partition coefficient (Wildman–Crippen LogP) is 2.85. The van der Waals surface area contributed by atoms with Crippen molar-refractivity contribution in [3.05, 3.63) is 75.8 Å². The van der Waals surface area contributed by atoms with E-state index in [-0.39, 0.29) is 30.3 Å². The van der Waals surface area contributed by atoms with Gasteiger partial charge in [0.15, 0.2) is 0 Å². The second-order valence-corrected chi connectivity index (χ2v) is 7.77. The number of fused-ring (bicyclic) bond motifs is 1. The first-order valence-corrected chi connectivity index (χ1v) is 10.3. The Balaban J connectivity index is 1.66. The minimum Gasteiger partial charge on any atom is -0.345 e. The summed E-state index contributed by atoms with van der Waals surface area (Å²) in [6.07, 6.45) is 1.73. The van der Waals surface area contributed by atoms with Crippen molar-refractivity contribution < 1.29 is 9.59 Å². The Labute approximate surface area is 181 Å². The monoisotopic (exact) mass is 420 g/mol. The lowest BCUT2D eigenvalue weighted by Crippen LogP contribution is -2.32. The molecule has 0 unspecified atom stereocenters. The summed E-state index contributed by atoms with van der Waals surface area (Å²) >= 11 is 0. The summed E-state index contributed by atoms with van der Waals surface area (Å²) in [4.78, 5) is 45.2. The summed E-state index contributed by atoms with van der Waals surface area (Å²) < 4.78 is 1.50. The molecule has 0 bridgehead atoms. The van der Waals surface area contributed by atoms with E-state index in [0.717, 1.165) is 11.1 Å². The lowest BCUT2D eigenvalue weighted by molar-refractivity contribution is -0.131. The number of rotatable bonds is 7. The van der Waals surface area contributed by atoms with Crippen molar-refractivity contribution in [2.24, 2.45) is 0 Å². The zero-order chi connectivity index (χ0) is 22.5. The molecule has 2 aromatic carbocycles. The number of aryl methyl sites for hydroxylation is 2. The highest BCUT2D eigenvalue weighted by molar-refractivity contribution is 5.93. The van der Waals surface area contributed by atoms with Crippen LogP contribution in [0.5, 0.6) is 0 Å². The smallest absolute Gasteiger partial charge is 0.261 e. The van der Waals surface area contributed by atoms with Gasteiger partial charge in [-0.1, -0.05) is 24.3 Å². The molecule has 0 aliphatic heterocycles. The highest BCUT2D eigenvalue weighted by Gasteiger charge is 2.14. The first kappa shape index (κ1) is 22.2. The number of benzene rings is 2. The van der Waals surface area contributed by atoms with Crippen molar-refractivity contribution in [3.63, 3.8) is 0 Å². The fourth-order valence-electron chi connectivity index (χ4n) is 3.48. The Hall–Kier alpha value is -3.48. The van der Waals surface area contributed by atoms with Gasteiger partial charge in [-0.05, 0) is 43.2 Å². The highest BCUT2D eigenvalue weighted by Crippen LogP contribution is 2.12. The molecule has 7 heteroatoms. The third kappa shape index (κ3) is 4.99. The molecule has 0 fully saturated rings. The van der Waals surface area contributed by atoms with Crippen LogP contribution in [0.4, 0.5) is 0 Å². The van der Waals surface area contributed by atoms with Crippen molar-refractivity contribution in [1.29, 1.82) is 0 Å². The van der Waals surface area contributed by atoms with E-state index >= 15 is 0 Å². The number of aromatic nitrogens is 2. The van der Waals surface area contributed by atoms with Crippen molar-refractivity contribution in [1.82, 2.24) is 19.4 Å². The van der Waals surface area contributed by atoms with Crippen LogP contribution >= 0.6 is 0 Å². The molecule has 3 rings (SSSR count). The number of hydrogen-bond donors (Lipinski definition) is 0. The Morgan fingerprint density at radius 1 is 1.06 bits per heavy atom. The van der Waals surface area contributed by atoms with Crippen molar-refractivity contribution in [2.75, 3.05) is 20.6 Å². The summed E-state index contributed by atoms with van der Waals surface area (Å²) in [6, 6.07) is 12.8. The number of carbonyl (C=O) groups is 2. The summed E-state index contributed by atoms with van der Waals surface area (Å²) in [7, 11) is 3.43. The van der Waals surface area contributed by atoms with E-state index < -0.39 is 0 Å². The van der Waals surface area contributed by atoms with E-state index in [1.165, 1.54) is 15.8 Å². The maximum absolute atomic E-state index is 12.8. The fraction of sp³-hybridized carbons (Fsp3) is 0.333. The first-order valence-electron chi connectivity index (χ1n) is 10.3. The summed E-state index contributed by atoms with van der Waals surface area (Å²) in [5, 5.41) is 0.564. The van der Waals surface area contributed by atoms with Gasteiger partial charge in [0.05, 0.1) is 17.2 Å². The topological polar surface area (TPSA) is 75.5 Å². The van der Waals surface area contributed by atoms with Crippen molar-refractivity contribution >= 4 is 22.7 Å². The van der Waals surface area contributed by atoms with E-state index in [0.29, 0.717) is 29.6 Å². The Morgan fingerprint density at radius 3 is 2.42 bits per heavy atom. The van der Waals surface area contributed by atoms with Gasteiger partial charge >= 0.3 is 0 Å². The standard InChI is InChI=1S/C24H28N4O3/c1-5-27(15-18-9-11-19(12-10-18)23(30)26(3)4)21(29)13-14-28-16-25-22-17(2)7-6-8-20(22)24(28)31/h6-12,16H,5,13-15H2,1-4H3. The molecule has 31 heavy (non-hydrogen) atoms. The van der Waals surface area contributed by atoms with Crippen molar-refractivity contribution in [2.45, 2.75) is 33.4 Å². The largest absolute Gasteiger partial charge is 0.345 e. The second-order valence-electron chi connectivity index (χ2n) is 7.77. The molecule has 0 radical (unpaired) electrons. The van der Waals surface area contributed by atoms with Gasteiger partial charge in [-0.3, -0.25) is 19.0 Å². The SMILES string of the molecule is CCN(Cc1ccc(C(=O)N(C)C)cc1)C(=O)CCn1cnc2c(C)cccc2c1=O. The van der Waals surface area contributed by atoms with Crippen LogP contribution in [-0.2, 0) is 17.9 Å². The van der Waals surface area contributed by atoms with Crippen LogP contribution in [0.25, 0.3) is 10.9 Å². The molecule has 0 saturated heterocycles. The zero-order valence-electron chi connectivity index (χ0n) is 18.5. The van der Waals surface area contributed by atoms with Gasteiger partial charge in [-0.25, -0.2) is 4.98 Å². The Morgan fingerprint density at radius 2 is 1.77 bits per heavy atom. The molecule has 3 aromatic rings. The number of hydrogen-bond acceptors (Lipinski definition) is 4. The van der Waals surface area contributed by atoms with Crippen LogP contribution in [0.1, 0.15) is 34.8 Å². The molecule has 2 amide bonds. The average Bonchev–Trinajstić information content (AvgIpc) is 2.77. The molecular weight excluding hydrogens is 392 g/mol. The molecular formula is C24H28N4O3. The van der Waals surface area contributed by atoms with Gasteiger partial charge in [-0.15, -0.1) is 0 Å². The summed E-state index contributed by atoms with van der Waals surface area (Å²) in [5.74, 6) is -0.0909. The normalized spacial score (nSPS) is 10.8. The van der Waals surface area contributed by atoms with Crippen LogP contribution in [0.15, 0.2) is 53.6 Å². The number of nitrogens with zero attached hydrogens (tertiary/aromatic N) is 4. The van der Waals surface area contributed by atoms with Gasteiger partial charge in [-0.2, -0.15) is 0 Å². The van der Waals surface area contributed by atoms with Gasteiger partial charge in [0.1, 0.15) is 0 Å². The summed E-state index contributed by atoms with van der Waals surface area (Å²) in [5.41, 5.74) is 3.08. The lowest BCUT2D eigenvalue weighted by Gasteiger charge is -2.21. The van der Waals surface area contributed by atoms with Crippen molar-refractivity contribution in [3.8, 4) is 0 Å². The van der Waals surface area contributed by atoms with Gasteiger partial charge in [0, 0.05) is 45.7 Å². The van der Waals surface area contributed by atoms with E-state index in [9.17, 15) is 14.4 Å². The number of para-hydroxylation sites is 1. The predicted molar refractivity (Wildman–Crippen MR) is 121 cm³/mol. The minimum atomic E-state index is -0.134. The van der Waals surface area contributed by atoms with Crippen LogP contribution in [0.2, 0.25) is 0 Å². The minimum absolute atomic E-state index is 0.0350. The molecule has 0 aliphatic carbocycles. The maximum Gasteiger partial charge on any atom is 0.261 e. The molecule has 0 saturated carbocycles. The van der Waals surface area contributed by atoms with Crippen LogP contribution in [-0.4, -0.2) is 51.8 Å². The van der Waals surface area contributed by atoms with Crippen LogP contribution < -0.4 is 5.56 Å². The quantitative estimate of drug-likeness (QED) is 0.589. The Kier molecular flexibility index (Phi) is 6.84. The van der Waals surface area contributed by atoms with Gasteiger partial charge in [0.2, 0.25) is 5.91 Å². The van der Waals surface area contributed by atoms with E-state index in [1.54, 1.807) is 37.2 Å². The maximum atomic E-state index is 12.8. The molecule has 0 N–H and O–H groups in total. The molecule has 0 aliphatic rings. The molecule has 0 atom stereocenters. The molecule has 1 heterocycles. The number of carbonyl (C=O) groups excluding carboxylic acids is 2. The average molecular weight is 421 g/mol. The second kappa shape index (κ2) is 9.55. The van der Waals surface area contributed by atoms with Crippen LogP contribution in [0, 0.1) is 6.92 Å². The fourth-order valence-corrected chi connectivity index (χ4v) is 3.48. The van der Waals surface area contributed by atoms with Crippen LogP contribution in [0.3, 0.4) is 0 Å².